The normalized spacial score (nSPS) is 11.0. The van der Waals surface area contributed by atoms with Gasteiger partial charge in [0.25, 0.3) is 0 Å². The number of nitrogens with zero attached hydrogens (tertiary/aromatic N) is 1. The van der Waals surface area contributed by atoms with Crippen LogP contribution in [0.3, 0.4) is 0 Å². The van der Waals surface area contributed by atoms with Gasteiger partial charge in [-0.15, -0.1) is 36.2 Å². The van der Waals surface area contributed by atoms with Crippen molar-refractivity contribution < 1.29 is 9.90 Å². The van der Waals surface area contributed by atoms with Crippen molar-refractivity contribution in [2.75, 3.05) is 6.54 Å². The molecule has 0 aliphatic heterocycles. The highest BCUT2D eigenvalue weighted by Crippen LogP contribution is 2.18. The molecule has 0 saturated carbocycles. The second-order valence-electron chi connectivity index (χ2n) is 2.51. The van der Waals surface area contributed by atoms with Crippen molar-refractivity contribution >= 4 is 42.1 Å². The molecule has 1 unspecified atom stereocenters. The molecule has 0 spiro atoms. The summed E-state index contributed by atoms with van der Waals surface area (Å²) in [6.07, 6.45) is 0. The number of thiazole rings is 1. The van der Waals surface area contributed by atoms with Crippen LogP contribution in [0.5, 0.6) is 0 Å². The van der Waals surface area contributed by atoms with Crippen LogP contribution in [0.25, 0.3) is 0 Å². The predicted molar refractivity (Wildman–Crippen MR) is 61.0 cm³/mol. The van der Waals surface area contributed by atoms with E-state index in [2.05, 4.69) is 4.98 Å². The number of carboxylic acid groups (broad SMARTS) is 1. The monoisotopic (exact) mass is 258 g/mol. The number of carboxylic acids is 1. The van der Waals surface area contributed by atoms with Gasteiger partial charge in [0.2, 0.25) is 0 Å². The van der Waals surface area contributed by atoms with Crippen LogP contribution in [0, 0.1) is 0 Å². The number of hydrogen-bond acceptors (Lipinski definition) is 4. The van der Waals surface area contributed by atoms with E-state index in [4.69, 9.17) is 10.8 Å². The lowest BCUT2D eigenvalue weighted by Gasteiger charge is -2.01. The topological polar surface area (TPSA) is 76.2 Å². The fourth-order valence-electron chi connectivity index (χ4n) is 0.713. The van der Waals surface area contributed by atoms with Crippen LogP contribution in [0.15, 0.2) is 5.38 Å². The molecular formula is C7H12Cl2N2O2S. The Morgan fingerprint density at radius 1 is 1.71 bits per heavy atom. The Morgan fingerprint density at radius 3 is 2.64 bits per heavy atom. The average Bonchev–Trinajstić information content (AvgIpc) is 2.51. The van der Waals surface area contributed by atoms with E-state index < -0.39 is 5.97 Å². The first kappa shape index (κ1) is 16.1. The SMILES string of the molecule is CC(CN)c1nc(C(=O)O)cs1.Cl.Cl. The molecule has 1 rings (SSSR count). The maximum Gasteiger partial charge on any atom is 0.355 e. The van der Waals surface area contributed by atoms with Crippen LogP contribution in [0.4, 0.5) is 0 Å². The van der Waals surface area contributed by atoms with Gasteiger partial charge in [-0.1, -0.05) is 6.92 Å². The van der Waals surface area contributed by atoms with Crippen LogP contribution >= 0.6 is 36.2 Å². The summed E-state index contributed by atoms with van der Waals surface area (Å²) in [5.41, 5.74) is 5.52. The molecule has 3 N–H and O–H groups in total. The van der Waals surface area contributed by atoms with Gasteiger partial charge in [-0.05, 0) is 0 Å². The van der Waals surface area contributed by atoms with E-state index in [1.54, 1.807) is 0 Å². The molecule has 0 radical (unpaired) electrons. The third-order valence-corrected chi connectivity index (χ3v) is 2.59. The molecule has 0 amide bonds. The van der Waals surface area contributed by atoms with Crippen LogP contribution in [0.1, 0.15) is 28.3 Å². The Hall–Kier alpha value is -0.360. The Kier molecular flexibility index (Phi) is 8.04. The van der Waals surface area contributed by atoms with Gasteiger partial charge >= 0.3 is 5.97 Å². The first-order valence-corrected chi connectivity index (χ1v) is 4.42. The molecule has 1 heterocycles. The van der Waals surface area contributed by atoms with Crippen molar-refractivity contribution in [1.82, 2.24) is 4.98 Å². The maximum absolute atomic E-state index is 10.4. The summed E-state index contributed by atoms with van der Waals surface area (Å²) in [5.74, 6) is -0.843. The smallest absolute Gasteiger partial charge is 0.355 e. The van der Waals surface area contributed by atoms with Gasteiger partial charge in [-0.25, -0.2) is 9.78 Å². The molecule has 1 aromatic rings. The lowest BCUT2D eigenvalue weighted by Crippen LogP contribution is -2.09. The van der Waals surface area contributed by atoms with E-state index >= 15 is 0 Å². The molecule has 0 saturated heterocycles. The van der Waals surface area contributed by atoms with Gasteiger partial charge in [0.1, 0.15) is 0 Å². The van der Waals surface area contributed by atoms with Gasteiger partial charge in [0.05, 0.1) is 5.01 Å². The van der Waals surface area contributed by atoms with Crippen molar-refractivity contribution in [1.29, 1.82) is 0 Å². The zero-order valence-electron chi connectivity index (χ0n) is 7.47. The molecule has 0 aliphatic rings. The van der Waals surface area contributed by atoms with Crippen LogP contribution in [0.2, 0.25) is 0 Å². The molecule has 0 bridgehead atoms. The number of aromatic nitrogens is 1. The zero-order chi connectivity index (χ0) is 9.14. The van der Waals surface area contributed by atoms with E-state index in [1.807, 2.05) is 6.92 Å². The maximum atomic E-state index is 10.4. The Labute approximate surface area is 98.4 Å². The van der Waals surface area contributed by atoms with Crippen LogP contribution in [-0.4, -0.2) is 22.6 Å². The molecule has 0 aliphatic carbocycles. The summed E-state index contributed by atoms with van der Waals surface area (Å²) in [6, 6.07) is 0. The number of halogens is 2. The first-order valence-electron chi connectivity index (χ1n) is 3.54. The molecule has 1 aromatic heterocycles. The second kappa shape index (κ2) is 7.00. The van der Waals surface area contributed by atoms with E-state index in [9.17, 15) is 4.79 Å². The lowest BCUT2D eigenvalue weighted by atomic mass is 10.2. The van der Waals surface area contributed by atoms with Crippen LogP contribution in [-0.2, 0) is 0 Å². The van der Waals surface area contributed by atoms with Crippen molar-refractivity contribution in [3.8, 4) is 0 Å². The number of aromatic carboxylic acids is 1. The quantitative estimate of drug-likeness (QED) is 0.866. The predicted octanol–water partition coefficient (Wildman–Crippen LogP) is 1.75. The zero-order valence-corrected chi connectivity index (χ0v) is 9.92. The third kappa shape index (κ3) is 3.79. The fraction of sp³-hybridized carbons (Fsp3) is 0.429. The molecule has 4 nitrogen and oxygen atoms in total. The lowest BCUT2D eigenvalue weighted by molar-refractivity contribution is 0.0691. The Morgan fingerprint density at radius 2 is 2.29 bits per heavy atom. The highest BCUT2D eigenvalue weighted by molar-refractivity contribution is 7.09. The van der Waals surface area contributed by atoms with Crippen molar-refractivity contribution in [2.24, 2.45) is 5.73 Å². The summed E-state index contributed by atoms with van der Waals surface area (Å²) in [6.45, 7) is 2.41. The molecule has 0 aromatic carbocycles. The van der Waals surface area contributed by atoms with Gasteiger partial charge in [-0.3, -0.25) is 0 Å². The minimum atomic E-state index is -0.985. The molecule has 1 atom stereocenters. The van der Waals surface area contributed by atoms with Gasteiger partial charge in [0, 0.05) is 17.8 Å². The van der Waals surface area contributed by atoms with Crippen LogP contribution < -0.4 is 5.73 Å². The largest absolute Gasteiger partial charge is 0.476 e. The summed E-state index contributed by atoms with van der Waals surface area (Å²) in [7, 11) is 0. The van der Waals surface area contributed by atoms with E-state index in [0.29, 0.717) is 6.54 Å². The van der Waals surface area contributed by atoms with Gasteiger partial charge in [0.15, 0.2) is 5.69 Å². The van der Waals surface area contributed by atoms with Gasteiger partial charge in [-0.2, -0.15) is 0 Å². The minimum absolute atomic E-state index is 0. The number of nitrogens with two attached hydrogens (primary N) is 1. The second-order valence-corrected chi connectivity index (χ2v) is 3.40. The molecular weight excluding hydrogens is 247 g/mol. The Bertz CT molecular complexity index is 293. The highest BCUT2D eigenvalue weighted by Gasteiger charge is 2.12. The van der Waals surface area contributed by atoms with E-state index in [-0.39, 0.29) is 36.4 Å². The minimum Gasteiger partial charge on any atom is -0.476 e. The molecule has 14 heavy (non-hydrogen) atoms. The van der Waals surface area contributed by atoms with Crippen molar-refractivity contribution in [2.45, 2.75) is 12.8 Å². The standard InChI is InChI=1S/C7H10N2O2S.2ClH/c1-4(2-8)6-9-5(3-12-6)7(10)11;;/h3-4H,2,8H2,1H3,(H,10,11);2*1H. The van der Waals surface area contributed by atoms with Crippen molar-refractivity contribution in [3.63, 3.8) is 0 Å². The highest BCUT2D eigenvalue weighted by atomic mass is 35.5. The summed E-state index contributed by atoms with van der Waals surface area (Å²) in [5, 5.41) is 10.9. The number of hydrogen-bond donors (Lipinski definition) is 2. The third-order valence-electron chi connectivity index (χ3n) is 1.52. The summed E-state index contributed by atoms with van der Waals surface area (Å²) >= 11 is 1.34. The molecule has 0 fully saturated rings. The number of rotatable bonds is 3. The van der Waals surface area contributed by atoms with Crippen molar-refractivity contribution in [3.05, 3.63) is 16.1 Å². The average molecular weight is 259 g/mol. The Balaban J connectivity index is 0. The first-order chi connectivity index (χ1) is 5.65. The molecule has 7 heteroatoms. The summed E-state index contributed by atoms with van der Waals surface area (Å²) in [4.78, 5) is 14.4. The summed E-state index contributed by atoms with van der Waals surface area (Å²) < 4.78 is 0. The van der Waals surface area contributed by atoms with E-state index in [1.165, 1.54) is 16.7 Å². The van der Waals surface area contributed by atoms with E-state index in [0.717, 1.165) is 5.01 Å². The number of carbonyl (C=O) groups is 1. The fourth-order valence-corrected chi connectivity index (χ4v) is 1.58. The molecule has 82 valence electrons. The van der Waals surface area contributed by atoms with Gasteiger partial charge < -0.3 is 10.8 Å².